The lowest BCUT2D eigenvalue weighted by Gasteiger charge is -2.10. The summed E-state index contributed by atoms with van der Waals surface area (Å²) in [5.74, 6) is 0.157. The fraction of sp³-hybridized carbons (Fsp3) is 0.250. The molecule has 0 spiro atoms. The molecule has 3 rings (SSSR count). The maximum Gasteiger partial charge on any atom is 0.309 e. The summed E-state index contributed by atoms with van der Waals surface area (Å²) in [6.45, 7) is 1.95. The van der Waals surface area contributed by atoms with Crippen molar-refractivity contribution in [2.75, 3.05) is 12.9 Å². The zero-order valence-electron chi connectivity index (χ0n) is 14.6. The highest BCUT2D eigenvalue weighted by Crippen LogP contribution is 2.32. The summed E-state index contributed by atoms with van der Waals surface area (Å²) in [6.07, 6.45) is 2.51. The first-order valence-corrected chi connectivity index (χ1v) is 10.1. The summed E-state index contributed by atoms with van der Waals surface area (Å²) in [5, 5.41) is 2.23. The number of aliphatic imine (C=N–C) groups is 1. The van der Waals surface area contributed by atoms with E-state index < -0.39 is 0 Å². The molecule has 1 aliphatic rings. The highest BCUT2D eigenvalue weighted by molar-refractivity contribution is 8.45. The van der Waals surface area contributed by atoms with Gasteiger partial charge >= 0.3 is 5.97 Å². The van der Waals surface area contributed by atoms with E-state index in [4.69, 9.17) is 4.74 Å². The highest BCUT2D eigenvalue weighted by Gasteiger charge is 2.25. The maximum absolute atomic E-state index is 12.2. The second-order valence-electron chi connectivity index (χ2n) is 5.84. The smallest absolute Gasteiger partial charge is 0.309 e. The van der Waals surface area contributed by atoms with Gasteiger partial charge in [0.15, 0.2) is 0 Å². The van der Waals surface area contributed by atoms with Crippen molar-refractivity contribution in [3.63, 3.8) is 0 Å². The minimum Gasteiger partial charge on any atom is -0.469 e. The zero-order chi connectivity index (χ0) is 18.5. The Morgan fingerprint density at radius 1 is 1.27 bits per heavy atom. The number of fused-ring (bicyclic) bond motifs is 1. The number of hydrogen-bond acceptors (Lipinski definition) is 6. The van der Waals surface area contributed by atoms with Crippen molar-refractivity contribution in [2.45, 2.75) is 13.3 Å². The Kier molecular flexibility index (Phi) is 6.16. The first-order chi connectivity index (χ1) is 12.6. The van der Waals surface area contributed by atoms with Gasteiger partial charge in [0.05, 0.1) is 13.0 Å². The van der Waals surface area contributed by atoms with Crippen molar-refractivity contribution in [3.05, 3.63) is 53.7 Å². The van der Waals surface area contributed by atoms with E-state index in [1.165, 1.54) is 18.9 Å². The molecule has 2 aromatic carbocycles. The summed E-state index contributed by atoms with van der Waals surface area (Å²) in [5.41, 5.74) is 1.39. The van der Waals surface area contributed by atoms with Crippen LogP contribution < -0.4 is 0 Å². The lowest BCUT2D eigenvalue weighted by atomic mass is 10.1. The fourth-order valence-electron chi connectivity index (χ4n) is 2.60. The van der Waals surface area contributed by atoms with Gasteiger partial charge in [0.25, 0.3) is 0 Å². The molecular formula is C20H19NO3S2. The summed E-state index contributed by atoms with van der Waals surface area (Å²) in [7, 11) is 1.39. The van der Waals surface area contributed by atoms with Crippen molar-refractivity contribution in [3.8, 4) is 0 Å². The lowest BCUT2D eigenvalue weighted by molar-refractivity contribution is -0.144. The van der Waals surface area contributed by atoms with Gasteiger partial charge in [-0.25, -0.2) is 4.99 Å². The van der Waals surface area contributed by atoms with Crippen LogP contribution in [0.25, 0.3) is 16.8 Å². The van der Waals surface area contributed by atoms with Gasteiger partial charge in [0.1, 0.15) is 10.1 Å². The number of benzene rings is 2. The Morgan fingerprint density at radius 3 is 2.77 bits per heavy atom. The topological polar surface area (TPSA) is 55.7 Å². The number of thioether (sulfide) groups is 2. The van der Waals surface area contributed by atoms with E-state index in [0.717, 1.165) is 28.1 Å². The third-order valence-corrected chi connectivity index (χ3v) is 6.28. The lowest BCUT2D eigenvalue weighted by Crippen LogP contribution is -2.18. The quantitative estimate of drug-likeness (QED) is 0.549. The number of ether oxygens (including phenoxy) is 1. The first kappa shape index (κ1) is 18.7. The van der Waals surface area contributed by atoms with Crippen LogP contribution in [0.1, 0.15) is 18.9 Å². The standard InChI is InChI=1S/C20H19NO3S2/c1-3-14(18(22)24-2)12-25-20-21-17(19(23)26-20)11-13-8-9-15-6-4-5-7-16(15)10-13/h4-11,14H,3,12H2,1-2H3. The van der Waals surface area contributed by atoms with E-state index in [9.17, 15) is 9.59 Å². The van der Waals surface area contributed by atoms with Gasteiger partial charge < -0.3 is 4.74 Å². The van der Waals surface area contributed by atoms with Crippen LogP contribution in [0.5, 0.6) is 0 Å². The minimum atomic E-state index is -0.221. The number of nitrogens with zero attached hydrogens (tertiary/aromatic N) is 1. The van der Waals surface area contributed by atoms with E-state index in [1.54, 1.807) is 0 Å². The molecule has 2 aromatic rings. The van der Waals surface area contributed by atoms with Crippen LogP contribution in [0, 0.1) is 5.92 Å². The average Bonchev–Trinajstić information content (AvgIpc) is 3.01. The van der Waals surface area contributed by atoms with E-state index in [-0.39, 0.29) is 17.0 Å². The largest absolute Gasteiger partial charge is 0.469 e. The molecule has 0 saturated carbocycles. The molecule has 0 saturated heterocycles. The third-order valence-electron chi connectivity index (χ3n) is 4.11. The molecule has 1 unspecified atom stereocenters. The Balaban J connectivity index is 1.74. The molecule has 1 heterocycles. The molecule has 134 valence electrons. The van der Waals surface area contributed by atoms with Crippen LogP contribution in [0.3, 0.4) is 0 Å². The van der Waals surface area contributed by atoms with E-state index in [2.05, 4.69) is 11.1 Å². The molecule has 0 aromatic heterocycles. The number of carbonyl (C=O) groups is 2. The molecule has 1 atom stereocenters. The minimum absolute atomic E-state index is 0.0632. The van der Waals surface area contributed by atoms with Gasteiger partial charge in [-0.2, -0.15) is 0 Å². The van der Waals surface area contributed by atoms with E-state index in [0.29, 0.717) is 22.2 Å². The van der Waals surface area contributed by atoms with Crippen LogP contribution in [0.4, 0.5) is 0 Å². The van der Waals surface area contributed by atoms with Gasteiger partial charge in [-0.15, -0.1) is 0 Å². The van der Waals surface area contributed by atoms with Gasteiger partial charge in [0.2, 0.25) is 5.12 Å². The molecule has 0 radical (unpaired) electrons. The molecule has 6 heteroatoms. The number of hydrogen-bond donors (Lipinski definition) is 0. The predicted octanol–water partition coefficient (Wildman–Crippen LogP) is 4.74. The SMILES string of the molecule is CCC(CSC1=NC(=Cc2ccc3ccccc3c2)C(=O)S1)C(=O)OC. The number of methoxy groups -OCH3 is 1. The molecule has 0 fully saturated rings. The summed E-state index contributed by atoms with van der Waals surface area (Å²) >= 11 is 2.55. The maximum atomic E-state index is 12.2. The molecule has 0 amide bonds. The molecule has 26 heavy (non-hydrogen) atoms. The number of rotatable bonds is 5. The Morgan fingerprint density at radius 2 is 2.04 bits per heavy atom. The third kappa shape index (κ3) is 4.37. The molecule has 4 nitrogen and oxygen atoms in total. The normalized spacial score (nSPS) is 16.8. The first-order valence-electron chi connectivity index (χ1n) is 8.32. The van der Waals surface area contributed by atoms with Crippen molar-refractivity contribution in [1.82, 2.24) is 0 Å². The average molecular weight is 386 g/mol. The van der Waals surface area contributed by atoms with Gasteiger partial charge in [-0.05, 0) is 46.7 Å². The molecule has 0 N–H and O–H groups in total. The molecule has 1 aliphatic heterocycles. The van der Waals surface area contributed by atoms with Gasteiger partial charge in [0, 0.05) is 5.75 Å². The van der Waals surface area contributed by atoms with Crippen LogP contribution >= 0.6 is 23.5 Å². The molecular weight excluding hydrogens is 366 g/mol. The Labute approximate surface area is 161 Å². The predicted molar refractivity (Wildman–Crippen MR) is 110 cm³/mol. The van der Waals surface area contributed by atoms with Crippen molar-refractivity contribution >= 4 is 55.8 Å². The van der Waals surface area contributed by atoms with E-state index in [1.807, 2.05) is 49.4 Å². The van der Waals surface area contributed by atoms with Crippen LogP contribution in [-0.4, -0.2) is 28.3 Å². The van der Waals surface area contributed by atoms with Crippen molar-refractivity contribution < 1.29 is 14.3 Å². The summed E-state index contributed by atoms with van der Waals surface area (Å²) in [4.78, 5) is 28.3. The zero-order valence-corrected chi connectivity index (χ0v) is 16.2. The fourth-order valence-corrected chi connectivity index (χ4v) is 4.65. The van der Waals surface area contributed by atoms with Crippen LogP contribution in [-0.2, 0) is 14.3 Å². The summed E-state index contributed by atoms with van der Waals surface area (Å²) in [6, 6.07) is 14.2. The Bertz CT molecular complexity index is 905. The second-order valence-corrected chi connectivity index (χ2v) is 8.07. The second kappa shape index (κ2) is 8.56. The van der Waals surface area contributed by atoms with Crippen molar-refractivity contribution in [1.29, 1.82) is 0 Å². The van der Waals surface area contributed by atoms with Gasteiger partial charge in [-0.3, -0.25) is 9.59 Å². The highest BCUT2D eigenvalue weighted by atomic mass is 32.2. The van der Waals surface area contributed by atoms with Crippen LogP contribution in [0.2, 0.25) is 0 Å². The number of esters is 1. The van der Waals surface area contributed by atoms with Crippen LogP contribution in [0.15, 0.2) is 53.2 Å². The monoisotopic (exact) mass is 385 g/mol. The summed E-state index contributed by atoms with van der Waals surface area (Å²) < 4.78 is 5.48. The molecule has 0 aliphatic carbocycles. The van der Waals surface area contributed by atoms with E-state index >= 15 is 0 Å². The molecule has 0 bridgehead atoms. The van der Waals surface area contributed by atoms with Gasteiger partial charge in [-0.1, -0.05) is 55.1 Å². The number of carbonyl (C=O) groups excluding carboxylic acids is 2. The Hall–Kier alpha value is -2.05. The van der Waals surface area contributed by atoms with Crippen molar-refractivity contribution in [2.24, 2.45) is 10.9 Å².